The first kappa shape index (κ1) is 62.9. The molecule has 2 nitrogen and oxygen atoms in total. The van der Waals surface area contributed by atoms with Crippen LogP contribution in [0.5, 0.6) is 0 Å². The zero-order chi connectivity index (χ0) is 54.4. The summed E-state index contributed by atoms with van der Waals surface area (Å²) in [7, 11) is -22.3. The molecule has 1 fully saturated rings. The molecule has 13 heteroatoms. The average molecular weight is 1100 g/mol. The molecule has 68 heavy (non-hydrogen) atoms. The second kappa shape index (κ2) is 17.8. The maximum Gasteiger partial charge on any atom is 0.445 e. The summed E-state index contributed by atoms with van der Waals surface area (Å²) in [5, 5.41) is 3.21. The van der Waals surface area contributed by atoms with Crippen molar-refractivity contribution in [1.82, 2.24) is 0 Å². The van der Waals surface area contributed by atoms with Gasteiger partial charge in [0.15, 0.2) is 7.94 Å². The summed E-state index contributed by atoms with van der Waals surface area (Å²) in [5.74, 6) is 0. The minimum Gasteiger partial charge on any atom is -0.406 e. The topological polar surface area (TPSA) is 18.5 Å². The smallest absolute Gasteiger partial charge is 0.406 e. The second-order valence-electron chi connectivity index (χ2n) is 33.9. The van der Waals surface area contributed by atoms with Gasteiger partial charge in [0.1, 0.15) is 0 Å². The molecule has 0 radical (unpaired) electrons. The number of aryl methyl sites for hydroxylation is 3. The molecule has 1 unspecified atom stereocenters. The summed E-state index contributed by atoms with van der Waals surface area (Å²) in [6.07, 6.45) is 0. The van der Waals surface area contributed by atoms with Crippen molar-refractivity contribution < 1.29 is 9.31 Å². The van der Waals surface area contributed by atoms with Crippen LogP contribution in [0.25, 0.3) is 0 Å². The lowest BCUT2D eigenvalue weighted by Crippen LogP contribution is -2.84. The van der Waals surface area contributed by atoms with Gasteiger partial charge in [0.05, 0.1) is 11.2 Å². The van der Waals surface area contributed by atoms with E-state index < -0.39 is 91.8 Å². The van der Waals surface area contributed by atoms with Crippen LogP contribution in [-0.2, 0) is 22.2 Å². The summed E-state index contributed by atoms with van der Waals surface area (Å²) in [6.45, 7) is 101. The molecule has 1 aliphatic heterocycles. The molecular weight excluding hydrogens is 984 g/mol. The van der Waals surface area contributed by atoms with Crippen molar-refractivity contribution in [3.63, 3.8) is 0 Å². The zero-order valence-corrected chi connectivity index (χ0v) is 62.7. The van der Waals surface area contributed by atoms with Crippen molar-refractivity contribution in [2.75, 3.05) is 0 Å². The van der Waals surface area contributed by atoms with E-state index in [0.29, 0.717) is 0 Å². The van der Waals surface area contributed by atoms with Crippen LogP contribution >= 0.6 is 0 Å². The van der Waals surface area contributed by atoms with Gasteiger partial charge in [-0.25, -0.2) is 0 Å². The third-order valence-electron chi connectivity index (χ3n) is 18.8. The van der Waals surface area contributed by atoms with E-state index in [0.717, 1.165) is 0 Å². The Balaban J connectivity index is 3.60. The number of rotatable bonds is 15. The van der Waals surface area contributed by atoms with E-state index in [9.17, 15) is 0 Å². The van der Waals surface area contributed by atoms with E-state index in [1.54, 1.807) is 10.8 Å². The first-order valence-electron chi connectivity index (χ1n) is 27.0. The summed E-state index contributed by atoms with van der Waals surface area (Å²) in [4.78, 5) is 0. The number of hydrogen-bond acceptors (Lipinski definition) is 2. The van der Waals surface area contributed by atoms with Crippen molar-refractivity contribution in [2.45, 2.75) is 275 Å². The van der Waals surface area contributed by atoms with Crippen LogP contribution in [0.2, 0.25) is 182 Å². The van der Waals surface area contributed by atoms with Crippen LogP contribution in [0.1, 0.15) is 81.8 Å². The first-order valence-corrected chi connectivity index (χ1v) is 60.6. The Hall–Kier alpha value is 0.594. The Labute approximate surface area is 436 Å². The number of benzene rings is 2. The minimum absolute atomic E-state index is 0.0981. The van der Waals surface area contributed by atoms with Crippen molar-refractivity contribution in [1.29, 1.82) is 0 Å². The molecule has 0 amide bonds. The van der Waals surface area contributed by atoms with Gasteiger partial charge in [-0.2, -0.15) is 0 Å². The van der Waals surface area contributed by atoms with Crippen LogP contribution in [0.3, 0.4) is 0 Å². The molecule has 0 bridgehead atoms. The van der Waals surface area contributed by atoms with E-state index in [4.69, 9.17) is 9.31 Å². The molecule has 1 atom stereocenters. The Kier molecular flexibility index (Phi) is 16.5. The molecule has 3 rings (SSSR count). The van der Waals surface area contributed by atoms with Gasteiger partial charge in [0.25, 0.3) is 0 Å². The zero-order valence-electron chi connectivity index (χ0n) is 52.7. The minimum atomic E-state index is -3.38. The third-order valence-corrected chi connectivity index (χ3v) is 88.2. The highest BCUT2D eigenvalue weighted by Crippen LogP contribution is 2.59. The van der Waals surface area contributed by atoms with Crippen molar-refractivity contribution in [3.8, 4) is 0 Å². The summed E-state index contributed by atoms with van der Waals surface area (Å²) in [5.41, 5.74) is 8.75. The Bertz CT molecular complexity index is 1980. The van der Waals surface area contributed by atoms with Crippen molar-refractivity contribution >= 4 is 97.7 Å². The molecule has 0 spiro atoms. The van der Waals surface area contributed by atoms with Gasteiger partial charge in [0, 0.05) is 72.7 Å². The van der Waals surface area contributed by atoms with Crippen LogP contribution in [0.15, 0.2) is 24.3 Å². The number of hydrogen-bond donors (Lipinski definition) is 0. The fraction of sp³-hybridized carbons (Fsp3) is 0.782. The molecule has 1 heterocycles. The quantitative estimate of drug-likeness (QED) is 0.166. The third kappa shape index (κ3) is 9.08. The largest absolute Gasteiger partial charge is 0.445 e. The van der Waals surface area contributed by atoms with E-state index in [2.05, 4.69) is 270 Å². The normalized spacial score (nSPS) is 18.9. The molecular formula is C55H115BO2Si10. The highest BCUT2D eigenvalue weighted by molar-refractivity contribution is 7.43. The predicted octanol–water partition coefficient (Wildman–Crippen LogP) is 16.8. The molecule has 1 saturated heterocycles. The fourth-order valence-corrected chi connectivity index (χ4v) is 117. The van der Waals surface area contributed by atoms with E-state index in [1.807, 2.05) is 16.3 Å². The lowest BCUT2D eigenvalue weighted by atomic mass is 9.90. The molecule has 2 aromatic rings. The first-order chi connectivity index (χ1) is 29.3. The highest BCUT2D eigenvalue weighted by Gasteiger charge is 2.74. The van der Waals surface area contributed by atoms with Gasteiger partial charge in [-0.15, -0.1) is 0 Å². The molecule has 390 valence electrons. The van der Waals surface area contributed by atoms with Crippen LogP contribution in [0, 0.1) is 20.8 Å². The predicted molar refractivity (Wildman–Crippen MR) is 343 cm³/mol. The summed E-state index contributed by atoms with van der Waals surface area (Å²) in [6, 6.07) is 11.4. The highest BCUT2D eigenvalue weighted by atomic mass is 28.5. The molecule has 0 aromatic heterocycles. The van der Waals surface area contributed by atoms with Crippen LogP contribution in [-0.4, -0.2) is 98.5 Å². The molecule has 0 aliphatic carbocycles. The van der Waals surface area contributed by atoms with Crippen molar-refractivity contribution in [3.05, 3.63) is 57.6 Å². The van der Waals surface area contributed by atoms with Gasteiger partial charge < -0.3 is 9.31 Å². The monoisotopic (exact) mass is 1100 g/mol. The van der Waals surface area contributed by atoms with Gasteiger partial charge in [0.2, 0.25) is 0 Å². The van der Waals surface area contributed by atoms with Crippen LogP contribution < -0.4 is 10.4 Å². The fourth-order valence-electron chi connectivity index (χ4n) is 20.0. The maximum atomic E-state index is 8.04. The Morgan fingerprint density at radius 3 is 0.809 bits per heavy atom. The molecule has 1 aliphatic rings. The second-order valence-corrected chi connectivity index (χ2v) is 90.2. The Morgan fingerprint density at radius 2 is 0.603 bits per heavy atom. The van der Waals surface area contributed by atoms with Crippen LogP contribution in [0.4, 0.5) is 0 Å². The van der Waals surface area contributed by atoms with Gasteiger partial charge in [-0.3, -0.25) is 0 Å². The standard InChI is InChI=1S/C55H115BO2Si10/c1-42-38-43(2)48(44(3)39-42)68(50(4,5)6,56-57-51(7,8)52(9,10)58-56)49-46(54(62(20,21)22,63(23,24)25)64(26,27)28)40-45(53(59(11,12)13,60(14,15)16)61(17,18)19)41-47(49)55(65(29,30)31,66(32,33)34)67(35,36)37/h38-41H,1-37H3. The lowest BCUT2D eigenvalue weighted by molar-refractivity contribution is 0.00578. The molecule has 0 N–H and O–H groups in total. The SMILES string of the molecule is Cc1cc(C)c([Si](B2OC(C)(C)C(C)(C)O2)(c2c(C([Si](C)(C)C)([Si](C)(C)C)[Si](C)(C)C)cc(C([Si](C)(C)C)([Si](C)(C)C)[Si](C)(C)C)cc2C([Si](C)(C)C)([Si](C)(C)C)[Si](C)(C)C)C(C)(C)C)c(C)c1. The van der Waals surface area contributed by atoms with Gasteiger partial charge >= 0.3 is 6.71 Å². The lowest BCUT2D eigenvalue weighted by Gasteiger charge is -2.66. The van der Waals surface area contributed by atoms with Gasteiger partial charge in [-0.05, 0) is 82.3 Å². The maximum absolute atomic E-state index is 8.04. The summed E-state index contributed by atoms with van der Waals surface area (Å²) < 4.78 is 16.5. The van der Waals surface area contributed by atoms with E-state index >= 15 is 0 Å². The van der Waals surface area contributed by atoms with Gasteiger partial charge in [-0.1, -0.05) is 250 Å². The molecule has 2 aromatic carbocycles. The van der Waals surface area contributed by atoms with E-state index in [-0.39, 0.29) is 24.6 Å². The average Bonchev–Trinajstić information content (AvgIpc) is 3.18. The van der Waals surface area contributed by atoms with Crippen molar-refractivity contribution in [2.24, 2.45) is 0 Å². The van der Waals surface area contributed by atoms with E-state index in [1.165, 1.54) is 16.7 Å². The summed E-state index contributed by atoms with van der Waals surface area (Å²) >= 11 is 0. The Morgan fingerprint density at radius 1 is 0.368 bits per heavy atom. The molecule has 0 saturated carbocycles.